The molecule has 0 aliphatic carbocycles. The minimum Gasteiger partial charge on any atom is -0.312 e. The number of likely N-dealkylation sites (N-methyl/N-ethyl adjacent to an activating group) is 3. The maximum atomic E-state index is 14.2. The first kappa shape index (κ1) is 15.4. The van der Waals surface area contributed by atoms with Crippen LogP contribution < -0.4 is 5.32 Å². The lowest BCUT2D eigenvalue weighted by molar-refractivity contribution is 0.180. The van der Waals surface area contributed by atoms with Crippen LogP contribution in [-0.4, -0.2) is 56.6 Å². The summed E-state index contributed by atoms with van der Waals surface area (Å²) in [6, 6.07) is 5.67. The maximum Gasteiger partial charge on any atom is 0.128 e. The van der Waals surface area contributed by atoms with Crippen LogP contribution in [0.5, 0.6) is 0 Å². The van der Waals surface area contributed by atoms with E-state index in [0.717, 1.165) is 37.2 Å². The highest BCUT2D eigenvalue weighted by Crippen LogP contribution is 2.25. The van der Waals surface area contributed by atoms with Crippen LogP contribution in [0, 0.1) is 12.7 Å². The number of benzene rings is 1. The zero-order valence-corrected chi connectivity index (χ0v) is 13.0. The Morgan fingerprint density at radius 1 is 1.30 bits per heavy atom. The lowest BCUT2D eigenvalue weighted by atomic mass is 9.96. The number of hydrogen-bond acceptors (Lipinski definition) is 3. The van der Waals surface area contributed by atoms with Crippen molar-refractivity contribution in [3.05, 3.63) is 35.1 Å². The topological polar surface area (TPSA) is 18.5 Å². The van der Waals surface area contributed by atoms with Crippen molar-refractivity contribution in [1.82, 2.24) is 15.1 Å². The second-order valence-corrected chi connectivity index (χ2v) is 5.96. The molecule has 112 valence electrons. The van der Waals surface area contributed by atoms with Crippen LogP contribution in [-0.2, 0) is 0 Å². The smallest absolute Gasteiger partial charge is 0.128 e. The highest BCUT2D eigenvalue weighted by atomic mass is 19.1. The summed E-state index contributed by atoms with van der Waals surface area (Å²) in [5, 5.41) is 3.33. The van der Waals surface area contributed by atoms with Crippen LogP contribution in [0.1, 0.15) is 23.6 Å². The molecule has 2 unspecified atom stereocenters. The zero-order chi connectivity index (χ0) is 14.7. The van der Waals surface area contributed by atoms with Crippen molar-refractivity contribution in [2.45, 2.75) is 25.4 Å². The van der Waals surface area contributed by atoms with Crippen molar-refractivity contribution in [2.75, 3.05) is 40.8 Å². The van der Waals surface area contributed by atoms with Gasteiger partial charge in [0.25, 0.3) is 0 Å². The predicted molar refractivity (Wildman–Crippen MR) is 81.5 cm³/mol. The molecule has 1 aromatic carbocycles. The fourth-order valence-corrected chi connectivity index (χ4v) is 3.12. The van der Waals surface area contributed by atoms with E-state index in [-0.39, 0.29) is 17.9 Å². The van der Waals surface area contributed by atoms with Crippen molar-refractivity contribution in [3.8, 4) is 0 Å². The third-order valence-electron chi connectivity index (χ3n) is 4.30. The molecule has 1 aliphatic rings. The molecule has 1 N–H and O–H groups in total. The van der Waals surface area contributed by atoms with Gasteiger partial charge in [0.2, 0.25) is 0 Å². The van der Waals surface area contributed by atoms with Crippen LogP contribution in [0.4, 0.5) is 4.39 Å². The number of hydrogen-bond donors (Lipinski definition) is 1. The van der Waals surface area contributed by atoms with Crippen LogP contribution in [0.3, 0.4) is 0 Å². The largest absolute Gasteiger partial charge is 0.312 e. The van der Waals surface area contributed by atoms with E-state index in [1.807, 2.05) is 26.1 Å². The molecule has 0 saturated carbocycles. The lowest BCUT2D eigenvalue weighted by Crippen LogP contribution is -2.46. The summed E-state index contributed by atoms with van der Waals surface area (Å²) in [6.07, 6.45) is 1.16. The maximum absolute atomic E-state index is 14.2. The standard InChI is InChI=1S/C16H26FN3/c1-12-6-7-14(17)13(10-12)16(18-2)15-11-19(3)8-5-9-20(15)4/h6-7,10,15-16,18H,5,8-9,11H2,1-4H3. The zero-order valence-electron chi connectivity index (χ0n) is 13.0. The number of rotatable bonds is 3. The van der Waals surface area contributed by atoms with Crippen molar-refractivity contribution in [3.63, 3.8) is 0 Å². The van der Waals surface area contributed by atoms with Gasteiger partial charge < -0.3 is 15.1 Å². The van der Waals surface area contributed by atoms with E-state index in [9.17, 15) is 4.39 Å². The normalized spacial score (nSPS) is 23.6. The van der Waals surface area contributed by atoms with Crippen LogP contribution in [0.25, 0.3) is 0 Å². The molecule has 0 spiro atoms. The molecule has 2 atom stereocenters. The Morgan fingerprint density at radius 3 is 2.75 bits per heavy atom. The highest BCUT2D eigenvalue weighted by molar-refractivity contribution is 5.28. The first-order chi connectivity index (χ1) is 9.52. The summed E-state index contributed by atoms with van der Waals surface area (Å²) in [5.74, 6) is -0.116. The molecule has 0 bridgehead atoms. The molecular formula is C16H26FN3. The monoisotopic (exact) mass is 279 g/mol. The number of aryl methyl sites for hydroxylation is 1. The molecule has 3 nitrogen and oxygen atoms in total. The molecule has 20 heavy (non-hydrogen) atoms. The number of nitrogens with one attached hydrogen (secondary N) is 1. The molecule has 1 fully saturated rings. The van der Waals surface area contributed by atoms with E-state index < -0.39 is 0 Å². The summed E-state index contributed by atoms with van der Waals surface area (Å²) in [4.78, 5) is 4.69. The second-order valence-electron chi connectivity index (χ2n) is 5.96. The summed E-state index contributed by atoms with van der Waals surface area (Å²) < 4.78 is 14.2. The quantitative estimate of drug-likeness (QED) is 0.913. The van der Waals surface area contributed by atoms with E-state index in [4.69, 9.17) is 0 Å². The Labute approximate surface area is 121 Å². The van der Waals surface area contributed by atoms with Gasteiger partial charge in [-0.05, 0) is 53.6 Å². The van der Waals surface area contributed by atoms with Crippen LogP contribution in [0.2, 0.25) is 0 Å². The van der Waals surface area contributed by atoms with E-state index in [2.05, 4.69) is 29.2 Å². The van der Waals surface area contributed by atoms with E-state index in [1.54, 1.807) is 6.07 Å². The summed E-state index contributed by atoms with van der Waals surface area (Å²) in [7, 11) is 6.21. The van der Waals surface area contributed by atoms with E-state index >= 15 is 0 Å². The van der Waals surface area contributed by atoms with Gasteiger partial charge in [-0.1, -0.05) is 17.7 Å². The first-order valence-electron chi connectivity index (χ1n) is 7.35. The predicted octanol–water partition coefficient (Wildman–Crippen LogP) is 2.03. The van der Waals surface area contributed by atoms with E-state index in [0.29, 0.717) is 0 Å². The highest BCUT2D eigenvalue weighted by Gasteiger charge is 2.30. The van der Waals surface area contributed by atoms with Crippen LogP contribution >= 0.6 is 0 Å². The van der Waals surface area contributed by atoms with Gasteiger partial charge in [0.15, 0.2) is 0 Å². The number of halogens is 1. The van der Waals surface area contributed by atoms with Gasteiger partial charge in [0.1, 0.15) is 5.82 Å². The fraction of sp³-hybridized carbons (Fsp3) is 0.625. The SMILES string of the molecule is CNC(c1cc(C)ccc1F)C1CN(C)CCCN1C. The van der Waals surface area contributed by atoms with E-state index in [1.165, 1.54) is 0 Å². The van der Waals surface area contributed by atoms with Crippen molar-refractivity contribution >= 4 is 0 Å². The summed E-state index contributed by atoms with van der Waals surface area (Å²) in [6.45, 7) is 5.13. The van der Waals surface area contributed by atoms with Gasteiger partial charge in [-0.3, -0.25) is 0 Å². The van der Waals surface area contributed by atoms with Gasteiger partial charge in [-0.2, -0.15) is 0 Å². The molecule has 1 aliphatic heterocycles. The average molecular weight is 279 g/mol. The van der Waals surface area contributed by atoms with Crippen molar-refractivity contribution in [1.29, 1.82) is 0 Å². The Morgan fingerprint density at radius 2 is 2.05 bits per heavy atom. The van der Waals surface area contributed by atoms with Gasteiger partial charge in [-0.15, -0.1) is 0 Å². The van der Waals surface area contributed by atoms with Crippen molar-refractivity contribution < 1.29 is 4.39 Å². The lowest BCUT2D eigenvalue weighted by Gasteiger charge is -2.35. The third kappa shape index (κ3) is 3.37. The molecule has 1 aromatic rings. The van der Waals surface area contributed by atoms with Gasteiger partial charge >= 0.3 is 0 Å². The average Bonchev–Trinajstić information content (AvgIpc) is 2.57. The van der Waals surface area contributed by atoms with Gasteiger partial charge in [-0.25, -0.2) is 4.39 Å². The van der Waals surface area contributed by atoms with Crippen molar-refractivity contribution in [2.24, 2.45) is 0 Å². The molecule has 1 heterocycles. The Bertz CT molecular complexity index is 449. The Hall–Kier alpha value is -0.970. The molecular weight excluding hydrogens is 253 g/mol. The second kappa shape index (κ2) is 6.66. The van der Waals surface area contributed by atoms with Gasteiger partial charge in [0, 0.05) is 18.2 Å². The Kier molecular flexibility index (Phi) is 5.13. The third-order valence-corrected chi connectivity index (χ3v) is 4.30. The number of nitrogens with zero attached hydrogens (tertiary/aromatic N) is 2. The molecule has 2 rings (SSSR count). The van der Waals surface area contributed by atoms with Crippen LogP contribution in [0.15, 0.2) is 18.2 Å². The molecule has 4 heteroatoms. The minimum atomic E-state index is -0.116. The molecule has 0 aromatic heterocycles. The molecule has 0 radical (unpaired) electrons. The minimum absolute atomic E-state index is 0.0143. The summed E-state index contributed by atoms with van der Waals surface area (Å²) >= 11 is 0. The fourth-order valence-electron chi connectivity index (χ4n) is 3.12. The Balaban J connectivity index is 2.32. The molecule has 1 saturated heterocycles. The van der Waals surface area contributed by atoms with Gasteiger partial charge in [0.05, 0.1) is 6.04 Å². The molecule has 0 amide bonds. The first-order valence-corrected chi connectivity index (χ1v) is 7.35. The summed E-state index contributed by atoms with van der Waals surface area (Å²) in [5.41, 5.74) is 1.88.